The van der Waals surface area contributed by atoms with Gasteiger partial charge in [-0.15, -0.1) is 11.3 Å². The van der Waals surface area contributed by atoms with Crippen molar-refractivity contribution in [3.63, 3.8) is 0 Å². The molecule has 8 heteroatoms. The molecule has 4 aromatic rings. The summed E-state index contributed by atoms with van der Waals surface area (Å²) >= 11 is 1.16. The number of fused-ring (bicyclic) bond motifs is 1. The summed E-state index contributed by atoms with van der Waals surface area (Å²) in [4.78, 5) is 18.7. The molecular weight excluding hydrogens is 419 g/mol. The predicted octanol–water partition coefficient (Wildman–Crippen LogP) is 4.94. The molecule has 0 bridgehead atoms. The number of carbonyl (C=O) groups excluding carboxylic acids is 1. The molecule has 31 heavy (non-hydrogen) atoms. The van der Waals surface area contributed by atoms with Gasteiger partial charge in [0.2, 0.25) is 11.5 Å². The molecule has 2 aromatic heterocycles. The minimum absolute atomic E-state index is 0.299. The molecule has 158 valence electrons. The van der Waals surface area contributed by atoms with Gasteiger partial charge in [0.15, 0.2) is 11.5 Å². The molecule has 2 heterocycles. The topological polar surface area (TPSA) is 83.7 Å². The van der Waals surface area contributed by atoms with E-state index in [1.807, 2.05) is 0 Å². The van der Waals surface area contributed by atoms with Crippen LogP contribution in [-0.2, 0) is 0 Å². The lowest BCUT2D eigenvalue weighted by Gasteiger charge is -2.13. The van der Waals surface area contributed by atoms with Gasteiger partial charge in [0.1, 0.15) is 15.5 Å². The van der Waals surface area contributed by atoms with Gasteiger partial charge in [0.25, 0.3) is 0 Å². The Kier molecular flexibility index (Phi) is 5.48. The van der Waals surface area contributed by atoms with E-state index in [9.17, 15) is 9.18 Å². The van der Waals surface area contributed by atoms with Crippen LogP contribution < -0.4 is 19.9 Å². The summed E-state index contributed by atoms with van der Waals surface area (Å²) in [6, 6.07) is 13.0. The zero-order valence-electron chi connectivity index (χ0n) is 17.1. The Morgan fingerprint density at radius 2 is 1.68 bits per heavy atom. The molecular formula is C23H19FN2O4S. The van der Waals surface area contributed by atoms with Crippen LogP contribution in [0.3, 0.4) is 0 Å². The number of pyridine rings is 1. The van der Waals surface area contributed by atoms with E-state index in [-0.39, 0.29) is 11.6 Å². The molecule has 4 rings (SSSR count). The van der Waals surface area contributed by atoms with E-state index >= 15 is 0 Å². The monoisotopic (exact) mass is 438 g/mol. The molecule has 0 aliphatic rings. The number of hydrogen-bond donors (Lipinski definition) is 1. The van der Waals surface area contributed by atoms with Gasteiger partial charge in [-0.05, 0) is 36.4 Å². The van der Waals surface area contributed by atoms with E-state index in [1.165, 1.54) is 27.4 Å². The van der Waals surface area contributed by atoms with E-state index < -0.39 is 0 Å². The largest absolute Gasteiger partial charge is 0.493 e. The SMILES string of the molecule is COc1cc(C(=O)c2sc3nc(-c4ccccc4F)ccc3c2N)cc(OC)c1OC. The number of thiophene rings is 1. The maximum atomic E-state index is 14.2. The Labute approximate surface area is 182 Å². The molecule has 0 fully saturated rings. The summed E-state index contributed by atoms with van der Waals surface area (Å²) in [7, 11) is 4.45. The molecule has 2 N–H and O–H groups in total. The summed E-state index contributed by atoms with van der Waals surface area (Å²) in [5.41, 5.74) is 7.80. The molecule has 0 amide bonds. The molecule has 0 aliphatic carbocycles. The van der Waals surface area contributed by atoms with Crippen molar-refractivity contribution in [3.05, 3.63) is 64.8 Å². The normalized spacial score (nSPS) is 10.8. The van der Waals surface area contributed by atoms with Gasteiger partial charge in [0.05, 0.1) is 32.7 Å². The fourth-order valence-corrected chi connectivity index (χ4v) is 4.38. The first-order valence-electron chi connectivity index (χ1n) is 9.27. The number of ether oxygens (including phenoxy) is 3. The van der Waals surface area contributed by atoms with E-state index in [1.54, 1.807) is 42.5 Å². The molecule has 2 aromatic carbocycles. The summed E-state index contributed by atoms with van der Waals surface area (Å²) in [5.74, 6) is 0.455. The summed E-state index contributed by atoms with van der Waals surface area (Å²) in [6.45, 7) is 0. The highest BCUT2D eigenvalue weighted by Crippen LogP contribution is 2.41. The van der Waals surface area contributed by atoms with Crippen molar-refractivity contribution in [1.29, 1.82) is 0 Å². The second kappa shape index (κ2) is 8.23. The first-order valence-corrected chi connectivity index (χ1v) is 10.1. The number of halogens is 1. The van der Waals surface area contributed by atoms with Crippen LogP contribution in [0.1, 0.15) is 15.2 Å². The van der Waals surface area contributed by atoms with Crippen molar-refractivity contribution in [2.24, 2.45) is 0 Å². The second-order valence-electron chi connectivity index (χ2n) is 6.62. The first kappa shape index (κ1) is 20.6. The molecule has 0 unspecified atom stereocenters. The highest BCUT2D eigenvalue weighted by molar-refractivity contribution is 7.21. The lowest BCUT2D eigenvalue weighted by Crippen LogP contribution is -2.04. The molecule has 0 spiro atoms. The highest BCUT2D eigenvalue weighted by Gasteiger charge is 2.23. The molecule has 0 radical (unpaired) electrons. The van der Waals surface area contributed by atoms with Gasteiger partial charge in [0, 0.05) is 16.5 Å². The van der Waals surface area contributed by atoms with Gasteiger partial charge in [-0.25, -0.2) is 9.37 Å². The van der Waals surface area contributed by atoms with Gasteiger partial charge >= 0.3 is 0 Å². The van der Waals surface area contributed by atoms with Crippen LogP contribution in [0.5, 0.6) is 17.2 Å². The Hall–Kier alpha value is -3.65. The lowest BCUT2D eigenvalue weighted by molar-refractivity contribution is 0.104. The zero-order chi connectivity index (χ0) is 22.1. The van der Waals surface area contributed by atoms with Crippen LogP contribution in [-0.4, -0.2) is 32.1 Å². The van der Waals surface area contributed by atoms with Crippen LogP contribution in [0, 0.1) is 5.82 Å². The molecule has 0 atom stereocenters. The number of nitrogens with two attached hydrogens (primary N) is 1. The van der Waals surface area contributed by atoms with Crippen molar-refractivity contribution in [2.75, 3.05) is 27.1 Å². The third-order valence-corrected chi connectivity index (χ3v) is 5.99. The number of anilines is 1. The Morgan fingerprint density at radius 1 is 1.00 bits per heavy atom. The lowest BCUT2D eigenvalue weighted by atomic mass is 10.1. The summed E-state index contributed by atoms with van der Waals surface area (Å²) in [6.07, 6.45) is 0. The summed E-state index contributed by atoms with van der Waals surface area (Å²) in [5, 5.41) is 0.640. The summed E-state index contributed by atoms with van der Waals surface area (Å²) < 4.78 is 30.2. The average molecular weight is 438 g/mol. The first-order chi connectivity index (χ1) is 15.0. The maximum Gasteiger partial charge on any atom is 0.205 e. The van der Waals surface area contributed by atoms with E-state index in [2.05, 4.69) is 4.98 Å². The molecule has 6 nitrogen and oxygen atoms in total. The van der Waals surface area contributed by atoms with Gasteiger partial charge in [-0.3, -0.25) is 4.79 Å². The third kappa shape index (κ3) is 3.55. The number of nitrogen functional groups attached to an aromatic ring is 1. The molecule has 0 aliphatic heterocycles. The van der Waals surface area contributed by atoms with Crippen LogP contribution in [0.25, 0.3) is 21.5 Å². The second-order valence-corrected chi connectivity index (χ2v) is 7.62. The Morgan fingerprint density at radius 3 is 2.29 bits per heavy atom. The number of hydrogen-bond acceptors (Lipinski definition) is 7. The number of ketones is 1. The number of carbonyl (C=O) groups is 1. The molecule has 0 saturated carbocycles. The van der Waals surface area contributed by atoms with Crippen LogP contribution in [0.15, 0.2) is 48.5 Å². The van der Waals surface area contributed by atoms with Gasteiger partial charge < -0.3 is 19.9 Å². The van der Waals surface area contributed by atoms with Crippen molar-refractivity contribution in [2.45, 2.75) is 0 Å². The minimum Gasteiger partial charge on any atom is -0.493 e. The van der Waals surface area contributed by atoms with E-state index in [0.29, 0.717) is 54.9 Å². The number of benzene rings is 2. The van der Waals surface area contributed by atoms with Crippen LogP contribution in [0.2, 0.25) is 0 Å². The number of nitrogens with zero attached hydrogens (tertiary/aromatic N) is 1. The minimum atomic E-state index is -0.368. The maximum absolute atomic E-state index is 14.2. The van der Waals surface area contributed by atoms with Crippen LogP contribution in [0.4, 0.5) is 10.1 Å². The van der Waals surface area contributed by atoms with Crippen molar-refractivity contribution >= 4 is 33.0 Å². The third-order valence-electron chi connectivity index (χ3n) is 4.88. The van der Waals surface area contributed by atoms with E-state index in [4.69, 9.17) is 19.9 Å². The standard InChI is InChI=1S/C23H19FN2O4S/c1-28-17-10-12(11-18(29-2)21(17)30-3)20(27)22-19(25)14-8-9-16(26-23(14)31-22)13-6-4-5-7-15(13)24/h4-11H,25H2,1-3H3. The average Bonchev–Trinajstić information content (AvgIpc) is 3.13. The predicted molar refractivity (Wildman–Crippen MR) is 119 cm³/mol. The zero-order valence-corrected chi connectivity index (χ0v) is 17.9. The van der Waals surface area contributed by atoms with Crippen molar-refractivity contribution < 1.29 is 23.4 Å². The van der Waals surface area contributed by atoms with E-state index in [0.717, 1.165) is 11.3 Å². The van der Waals surface area contributed by atoms with Crippen molar-refractivity contribution in [1.82, 2.24) is 4.98 Å². The Balaban J connectivity index is 1.81. The number of rotatable bonds is 6. The van der Waals surface area contributed by atoms with Gasteiger partial charge in [-0.1, -0.05) is 12.1 Å². The Bertz CT molecular complexity index is 1280. The fourth-order valence-electron chi connectivity index (χ4n) is 3.33. The number of methoxy groups -OCH3 is 3. The highest BCUT2D eigenvalue weighted by atomic mass is 32.1. The van der Waals surface area contributed by atoms with Crippen molar-refractivity contribution in [3.8, 4) is 28.5 Å². The number of aromatic nitrogens is 1. The quantitative estimate of drug-likeness (QED) is 0.429. The smallest absolute Gasteiger partial charge is 0.205 e. The van der Waals surface area contributed by atoms with Gasteiger partial charge in [-0.2, -0.15) is 0 Å². The van der Waals surface area contributed by atoms with Crippen LogP contribution >= 0.6 is 11.3 Å². The fraction of sp³-hybridized carbons (Fsp3) is 0.130. The molecule has 0 saturated heterocycles.